The van der Waals surface area contributed by atoms with E-state index in [0.717, 1.165) is 24.5 Å². The molecule has 1 N–H and O–H groups in total. The van der Waals surface area contributed by atoms with Gasteiger partial charge in [0.1, 0.15) is 11.6 Å². The van der Waals surface area contributed by atoms with Crippen LogP contribution in [-0.4, -0.2) is 35.9 Å². The molecule has 0 saturated carbocycles. The summed E-state index contributed by atoms with van der Waals surface area (Å²) in [4.78, 5) is 30.6. The Bertz CT molecular complexity index is 814. The van der Waals surface area contributed by atoms with Gasteiger partial charge in [0.05, 0.1) is 0 Å². The fourth-order valence-electron chi connectivity index (χ4n) is 3.21. The first-order valence-electron chi connectivity index (χ1n) is 9.78. The second kappa shape index (κ2) is 9.35. The van der Waals surface area contributed by atoms with E-state index in [1.54, 1.807) is 31.2 Å². The highest BCUT2D eigenvalue weighted by Gasteiger charge is 2.15. The predicted molar refractivity (Wildman–Crippen MR) is 109 cm³/mol. The smallest absolute Gasteiger partial charge is 0.261 e. The van der Waals surface area contributed by atoms with E-state index in [4.69, 9.17) is 4.74 Å². The molecule has 1 amide bonds. The molecule has 0 bridgehead atoms. The Morgan fingerprint density at radius 2 is 1.96 bits per heavy atom. The molecule has 0 spiro atoms. The van der Waals surface area contributed by atoms with Gasteiger partial charge in [-0.15, -0.1) is 0 Å². The fourth-order valence-corrected chi connectivity index (χ4v) is 3.21. The van der Waals surface area contributed by atoms with E-state index < -0.39 is 6.10 Å². The lowest BCUT2D eigenvalue weighted by Crippen LogP contribution is -2.36. The number of amides is 1. The largest absolute Gasteiger partial charge is 0.481 e. The zero-order valence-corrected chi connectivity index (χ0v) is 16.5. The predicted octanol–water partition coefficient (Wildman–Crippen LogP) is 3.36. The maximum atomic E-state index is 12.3. The number of pyridine rings is 1. The number of benzene rings is 1. The number of Topliss-reactive ketones (excluding diaryl/α,β-unsaturated/α-hetero) is 1. The molecule has 1 aromatic carbocycles. The number of ether oxygens (including phenoxy) is 1. The number of anilines is 1. The average Bonchev–Trinajstić information content (AvgIpc) is 2.73. The van der Waals surface area contributed by atoms with E-state index >= 15 is 0 Å². The van der Waals surface area contributed by atoms with Crippen molar-refractivity contribution in [1.82, 2.24) is 10.3 Å². The van der Waals surface area contributed by atoms with E-state index in [-0.39, 0.29) is 11.7 Å². The molecule has 6 heteroatoms. The minimum absolute atomic E-state index is 0.0388. The number of aromatic nitrogens is 1. The molecule has 0 aliphatic carbocycles. The van der Waals surface area contributed by atoms with Crippen LogP contribution in [0.2, 0.25) is 0 Å². The minimum atomic E-state index is -0.664. The van der Waals surface area contributed by atoms with Crippen molar-refractivity contribution >= 4 is 17.5 Å². The number of nitrogens with one attached hydrogen (secondary N) is 1. The van der Waals surface area contributed by atoms with Gasteiger partial charge in [0.25, 0.3) is 5.91 Å². The number of rotatable bonds is 7. The SMILES string of the molecule is CC(=O)c1cccc(O[C@H](C)C(=O)NCc2ccc(N3CCCCC3)nc2)c1. The highest BCUT2D eigenvalue weighted by atomic mass is 16.5. The molecule has 1 aliphatic heterocycles. The van der Waals surface area contributed by atoms with Gasteiger partial charge < -0.3 is 15.0 Å². The van der Waals surface area contributed by atoms with Crippen molar-refractivity contribution < 1.29 is 14.3 Å². The summed E-state index contributed by atoms with van der Waals surface area (Å²) in [5.41, 5.74) is 1.50. The van der Waals surface area contributed by atoms with E-state index in [1.165, 1.54) is 26.2 Å². The lowest BCUT2D eigenvalue weighted by Gasteiger charge is -2.27. The standard InChI is InChI=1S/C22H27N3O3/c1-16(26)19-7-6-8-20(13-19)28-17(2)22(27)24-15-18-9-10-21(23-14-18)25-11-4-3-5-12-25/h6-10,13-14,17H,3-5,11-12,15H2,1-2H3,(H,24,27)/t17-/m1/s1. The van der Waals surface area contributed by atoms with Gasteiger partial charge in [-0.25, -0.2) is 4.98 Å². The molecule has 28 heavy (non-hydrogen) atoms. The van der Waals surface area contributed by atoms with Crippen LogP contribution in [0.5, 0.6) is 5.75 Å². The van der Waals surface area contributed by atoms with Crippen LogP contribution in [0.15, 0.2) is 42.6 Å². The summed E-state index contributed by atoms with van der Waals surface area (Å²) < 4.78 is 5.67. The van der Waals surface area contributed by atoms with Crippen LogP contribution < -0.4 is 15.0 Å². The second-order valence-corrected chi connectivity index (χ2v) is 7.13. The van der Waals surface area contributed by atoms with Gasteiger partial charge in [-0.3, -0.25) is 9.59 Å². The van der Waals surface area contributed by atoms with Gasteiger partial charge in [0.2, 0.25) is 0 Å². The van der Waals surface area contributed by atoms with Crippen molar-refractivity contribution in [2.24, 2.45) is 0 Å². The van der Waals surface area contributed by atoms with Gasteiger partial charge in [-0.1, -0.05) is 18.2 Å². The molecule has 0 unspecified atom stereocenters. The Balaban J connectivity index is 1.50. The van der Waals surface area contributed by atoms with Gasteiger partial charge >= 0.3 is 0 Å². The van der Waals surface area contributed by atoms with Gasteiger partial charge in [0.15, 0.2) is 11.9 Å². The number of nitrogens with zero attached hydrogens (tertiary/aromatic N) is 2. The number of carbonyl (C=O) groups excluding carboxylic acids is 2. The number of hydrogen-bond acceptors (Lipinski definition) is 5. The Morgan fingerprint density at radius 1 is 1.18 bits per heavy atom. The normalized spacial score (nSPS) is 15.0. The highest BCUT2D eigenvalue weighted by molar-refractivity contribution is 5.94. The molecule has 1 saturated heterocycles. The van der Waals surface area contributed by atoms with Crippen molar-refractivity contribution in [1.29, 1.82) is 0 Å². The maximum Gasteiger partial charge on any atom is 0.261 e. The second-order valence-electron chi connectivity index (χ2n) is 7.13. The average molecular weight is 381 g/mol. The van der Waals surface area contributed by atoms with Crippen molar-refractivity contribution in [3.63, 3.8) is 0 Å². The lowest BCUT2D eigenvalue weighted by molar-refractivity contribution is -0.127. The molecule has 2 heterocycles. The van der Waals surface area contributed by atoms with Crippen LogP contribution in [0, 0.1) is 0 Å². The zero-order valence-electron chi connectivity index (χ0n) is 16.5. The van der Waals surface area contributed by atoms with E-state index in [9.17, 15) is 9.59 Å². The molecular weight excluding hydrogens is 354 g/mol. The van der Waals surface area contributed by atoms with Crippen LogP contribution >= 0.6 is 0 Å². The maximum absolute atomic E-state index is 12.3. The molecule has 2 aromatic rings. The Hall–Kier alpha value is -2.89. The fraction of sp³-hybridized carbons (Fsp3) is 0.409. The van der Waals surface area contributed by atoms with Crippen molar-refractivity contribution in [3.8, 4) is 5.75 Å². The van der Waals surface area contributed by atoms with Crippen LogP contribution in [0.25, 0.3) is 0 Å². The van der Waals surface area contributed by atoms with E-state index in [2.05, 4.69) is 15.2 Å². The zero-order chi connectivity index (χ0) is 19.9. The molecule has 1 aliphatic rings. The molecule has 3 rings (SSSR count). The van der Waals surface area contributed by atoms with Crippen molar-refractivity contribution in [2.45, 2.75) is 45.8 Å². The third-order valence-corrected chi connectivity index (χ3v) is 4.88. The topological polar surface area (TPSA) is 71.5 Å². The highest BCUT2D eigenvalue weighted by Crippen LogP contribution is 2.18. The molecule has 0 radical (unpaired) electrons. The Labute approximate surface area is 165 Å². The monoisotopic (exact) mass is 381 g/mol. The van der Waals surface area contributed by atoms with Gasteiger partial charge in [-0.05, 0) is 56.9 Å². The number of hydrogen-bond donors (Lipinski definition) is 1. The summed E-state index contributed by atoms with van der Waals surface area (Å²) in [7, 11) is 0. The summed E-state index contributed by atoms with van der Waals surface area (Å²) in [6, 6.07) is 10.9. The summed E-state index contributed by atoms with van der Waals surface area (Å²) in [6.45, 7) is 5.70. The molecular formula is C22H27N3O3. The summed E-state index contributed by atoms with van der Waals surface area (Å²) in [6.07, 6.45) is 4.87. The number of ketones is 1. The lowest BCUT2D eigenvalue weighted by atomic mass is 10.1. The number of carbonyl (C=O) groups is 2. The Morgan fingerprint density at radius 3 is 2.64 bits per heavy atom. The molecule has 148 valence electrons. The first-order chi connectivity index (χ1) is 13.5. The quantitative estimate of drug-likeness (QED) is 0.745. The van der Waals surface area contributed by atoms with E-state index in [0.29, 0.717) is 17.9 Å². The summed E-state index contributed by atoms with van der Waals surface area (Å²) in [5.74, 6) is 1.25. The van der Waals surface area contributed by atoms with Gasteiger partial charge in [-0.2, -0.15) is 0 Å². The first kappa shape index (κ1) is 19.9. The third kappa shape index (κ3) is 5.31. The van der Waals surface area contributed by atoms with Crippen LogP contribution in [0.3, 0.4) is 0 Å². The summed E-state index contributed by atoms with van der Waals surface area (Å²) in [5, 5.41) is 2.87. The Kier molecular flexibility index (Phi) is 6.63. The summed E-state index contributed by atoms with van der Waals surface area (Å²) >= 11 is 0. The van der Waals surface area contributed by atoms with Crippen LogP contribution in [0.1, 0.15) is 49.0 Å². The first-order valence-corrected chi connectivity index (χ1v) is 9.78. The van der Waals surface area contributed by atoms with Crippen molar-refractivity contribution in [3.05, 3.63) is 53.7 Å². The molecule has 1 atom stereocenters. The van der Waals surface area contributed by atoms with Crippen molar-refractivity contribution in [2.75, 3.05) is 18.0 Å². The van der Waals surface area contributed by atoms with Crippen LogP contribution in [-0.2, 0) is 11.3 Å². The number of piperidine rings is 1. The third-order valence-electron chi connectivity index (χ3n) is 4.88. The minimum Gasteiger partial charge on any atom is -0.481 e. The van der Waals surface area contributed by atoms with Crippen LogP contribution in [0.4, 0.5) is 5.82 Å². The van der Waals surface area contributed by atoms with Gasteiger partial charge in [0, 0.05) is 31.4 Å². The van der Waals surface area contributed by atoms with E-state index in [1.807, 2.05) is 18.3 Å². The molecule has 6 nitrogen and oxygen atoms in total. The molecule has 1 aromatic heterocycles. The molecule has 1 fully saturated rings.